The average Bonchev–Trinajstić information content (AvgIpc) is 3.06. The van der Waals surface area contributed by atoms with Gasteiger partial charge in [-0.15, -0.1) is 0 Å². The van der Waals surface area contributed by atoms with Gasteiger partial charge in [0.1, 0.15) is 0 Å². The summed E-state index contributed by atoms with van der Waals surface area (Å²) in [6, 6.07) is 7.51. The maximum absolute atomic E-state index is 12.2. The van der Waals surface area contributed by atoms with Crippen molar-refractivity contribution >= 4 is 21.6 Å². The molecule has 150 valence electrons. The Bertz CT molecular complexity index is 781. The highest BCUT2D eigenvalue weighted by Gasteiger charge is 2.24. The van der Waals surface area contributed by atoms with Crippen LogP contribution in [0.1, 0.15) is 57.6 Å². The van der Waals surface area contributed by atoms with Crippen LogP contribution < -0.4 is 15.4 Å². The smallest absolute Gasteiger partial charge is 0.315 e. The molecule has 1 aliphatic rings. The summed E-state index contributed by atoms with van der Waals surface area (Å²) in [5.41, 5.74) is 2.33. The second-order valence-electron chi connectivity index (χ2n) is 7.79. The first-order valence-corrected chi connectivity index (χ1v) is 11.1. The molecule has 7 heteroatoms. The number of carbonyl (C=O) groups is 1. The number of allylic oxidation sites excluding steroid dienone is 1. The predicted octanol–water partition coefficient (Wildman–Crippen LogP) is 3.12. The van der Waals surface area contributed by atoms with Crippen LogP contribution in [0.2, 0.25) is 0 Å². The van der Waals surface area contributed by atoms with E-state index in [1.54, 1.807) is 0 Å². The van der Waals surface area contributed by atoms with Crippen LogP contribution in [0.15, 0.2) is 30.8 Å². The van der Waals surface area contributed by atoms with Gasteiger partial charge in [-0.25, -0.2) is 17.9 Å². The van der Waals surface area contributed by atoms with E-state index in [1.165, 1.54) is 0 Å². The Labute approximate surface area is 162 Å². The van der Waals surface area contributed by atoms with Crippen LogP contribution >= 0.6 is 0 Å². The maximum atomic E-state index is 12.2. The lowest BCUT2D eigenvalue weighted by Crippen LogP contribution is -2.48. The van der Waals surface area contributed by atoms with Crippen molar-refractivity contribution in [1.82, 2.24) is 15.4 Å². The third-order valence-corrected chi connectivity index (χ3v) is 6.29. The van der Waals surface area contributed by atoms with E-state index in [0.29, 0.717) is 0 Å². The molecule has 1 saturated carbocycles. The number of amides is 2. The molecule has 0 radical (unpaired) electrons. The lowest BCUT2D eigenvalue weighted by atomic mass is 9.92. The number of rotatable bonds is 8. The van der Waals surface area contributed by atoms with Crippen molar-refractivity contribution in [1.29, 1.82) is 0 Å². The monoisotopic (exact) mass is 393 g/mol. The fraction of sp³-hybridized carbons (Fsp3) is 0.550. The van der Waals surface area contributed by atoms with Crippen LogP contribution in [0.4, 0.5) is 4.79 Å². The van der Waals surface area contributed by atoms with E-state index in [0.717, 1.165) is 42.4 Å². The zero-order valence-electron chi connectivity index (χ0n) is 16.5. The van der Waals surface area contributed by atoms with Gasteiger partial charge in [-0.1, -0.05) is 43.2 Å². The largest absolute Gasteiger partial charge is 0.337 e. The van der Waals surface area contributed by atoms with Crippen molar-refractivity contribution < 1.29 is 13.2 Å². The molecule has 0 spiro atoms. The molecule has 6 nitrogen and oxygen atoms in total. The molecule has 3 N–H and O–H groups in total. The molecule has 0 aromatic heterocycles. The molecule has 0 aliphatic heterocycles. The Balaban J connectivity index is 1.85. The molecule has 0 saturated heterocycles. The Morgan fingerprint density at radius 2 is 1.93 bits per heavy atom. The maximum Gasteiger partial charge on any atom is 0.315 e. The van der Waals surface area contributed by atoms with E-state index >= 15 is 0 Å². The van der Waals surface area contributed by atoms with Crippen molar-refractivity contribution in [2.45, 2.75) is 58.0 Å². The Morgan fingerprint density at radius 1 is 1.26 bits per heavy atom. The van der Waals surface area contributed by atoms with Crippen LogP contribution in [0, 0.1) is 0 Å². The number of benzene rings is 1. The highest BCUT2D eigenvalue weighted by molar-refractivity contribution is 7.89. The molecule has 0 bridgehead atoms. The average molecular weight is 394 g/mol. The molecule has 1 aromatic rings. The van der Waals surface area contributed by atoms with E-state index in [-0.39, 0.29) is 18.3 Å². The zero-order valence-corrected chi connectivity index (χ0v) is 17.3. The highest BCUT2D eigenvalue weighted by Crippen LogP contribution is 2.23. The highest BCUT2D eigenvalue weighted by atomic mass is 32.2. The van der Waals surface area contributed by atoms with Crippen LogP contribution in [-0.2, 0) is 15.6 Å². The fourth-order valence-electron chi connectivity index (χ4n) is 3.23. The normalized spacial score (nSPS) is 15.5. The van der Waals surface area contributed by atoms with Gasteiger partial charge in [0.15, 0.2) is 0 Å². The van der Waals surface area contributed by atoms with E-state index in [4.69, 9.17) is 0 Å². The Morgan fingerprint density at radius 3 is 2.56 bits per heavy atom. The molecule has 0 heterocycles. The molecule has 2 rings (SSSR count). The number of hydrogen-bond acceptors (Lipinski definition) is 3. The number of carbonyl (C=O) groups excluding carboxylic acids is 1. The summed E-state index contributed by atoms with van der Waals surface area (Å²) in [5, 5.41) is 5.54. The molecule has 1 fully saturated rings. The summed E-state index contributed by atoms with van der Waals surface area (Å²) in [6.07, 6.45) is 3.92. The van der Waals surface area contributed by atoms with Gasteiger partial charge in [0.25, 0.3) is 0 Å². The van der Waals surface area contributed by atoms with Gasteiger partial charge in [-0.2, -0.15) is 0 Å². The van der Waals surface area contributed by atoms with E-state index in [1.807, 2.05) is 45.0 Å². The van der Waals surface area contributed by atoms with Gasteiger partial charge in [0.05, 0.1) is 11.3 Å². The summed E-state index contributed by atoms with van der Waals surface area (Å²) >= 11 is 0. The van der Waals surface area contributed by atoms with Crippen molar-refractivity contribution in [3.8, 4) is 0 Å². The fourth-order valence-corrected chi connectivity index (χ4v) is 4.46. The minimum atomic E-state index is -3.37. The minimum Gasteiger partial charge on any atom is -0.337 e. The van der Waals surface area contributed by atoms with Crippen LogP contribution in [-0.4, -0.2) is 32.8 Å². The Kier molecular flexibility index (Phi) is 7.06. The van der Waals surface area contributed by atoms with Crippen molar-refractivity contribution in [2.75, 3.05) is 12.3 Å². The van der Waals surface area contributed by atoms with E-state index in [9.17, 15) is 13.2 Å². The topological polar surface area (TPSA) is 87.3 Å². The van der Waals surface area contributed by atoms with E-state index < -0.39 is 21.6 Å². The summed E-state index contributed by atoms with van der Waals surface area (Å²) in [5.74, 6) is -0.123. The molecule has 27 heavy (non-hydrogen) atoms. The molecule has 1 aliphatic carbocycles. The zero-order chi connectivity index (χ0) is 20.1. The van der Waals surface area contributed by atoms with E-state index in [2.05, 4.69) is 21.9 Å². The second kappa shape index (κ2) is 8.89. The number of sulfonamides is 1. The lowest BCUT2D eigenvalue weighted by Gasteiger charge is -2.27. The first kappa shape index (κ1) is 21.4. The van der Waals surface area contributed by atoms with Crippen LogP contribution in [0.25, 0.3) is 5.57 Å². The molecule has 0 unspecified atom stereocenters. The summed E-state index contributed by atoms with van der Waals surface area (Å²) in [7, 11) is -3.37. The number of nitrogens with one attached hydrogen (secondary N) is 3. The van der Waals surface area contributed by atoms with Crippen LogP contribution in [0.3, 0.4) is 0 Å². The molecule has 2 amide bonds. The van der Waals surface area contributed by atoms with Crippen molar-refractivity contribution in [2.24, 2.45) is 0 Å². The molecular weight excluding hydrogens is 362 g/mol. The summed E-state index contributed by atoms with van der Waals surface area (Å²) in [6.45, 7) is 9.76. The van der Waals surface area contributed by atoms with Gasteiger partial charge >= 0.3 is 6.03 Å². The quantitative estimate of drug-likeness (QED) is 0.634. The summed E-state index contributed by atoms with van der Waals surface area (Å²) < 4.78 is 26.9. The van der Waals surface area contributed by atoms with Crippen molar-refractivity contribution in [3.05, 3.63) is 42.0 Å². The van der Waals surface area contributed by atoms with Crippen LogP contribution in [0.5, 0.6) is 0 Å². The third-order valence-electron chi connectivity index (χ3n) is 4.86. The predicted molar refractivity (Wildman–Crippen MR) is 110 cm³/mol. The van der Waals surface area contributed by atoms with Gasteiger partial charge in [-0.3, -0.25) is 0 Å². The number of hydrogen-bond donors (Lipinski definition) is 3. The van der Waals surface area contributed by atoms with Gasteiger partial charge in [-0.05, 0) is 50.8 Å². The second-order valence-corrected chi connectivity index (χ2v) is 9.66. The first-order chi connectivity index (χ1) is 12.6. The Hall–Kier alpha value is -1.86. The van der Waals surface area contributed by atoms with Gasteiger partial charge < -0.3 is 10.6 Å². The van der Waals surface area contributed by atoms with Gasteiger partial charge in [0.2, 0.25) is 10.0 Å². The first-order valence-electron chi connectivity index (χ1n) is 9.41. The summed E-state index contributed by atoms with van der Waals surface area (Å²) in [4.78, 5) is 12.2. The van der Waals surface area contributed by atoms with Crippen molar-refractivity contribution in [3.63, 3.8) is 0 Å². The molecule has 1 aromatic carbocycles. The van der Waals surface area contributed by atoms with Gasteiger partial charge in [0, 0.05) is 12.6 Å². The SMILES string of the molecule is C=C(C)c1cccc(C(C)(C)NC(=O)NCCS(=O)(=O)NC2CCCC2)c1. The standard InChI is InChI=1S/C20H31N3O3S/c1-15(2)16-8-7-9-17(14-16)20(3,4)22-19(24)21-12-13-27(25,26)23-18-10-5-6-11-18/h7-9,14,18,23H,1,5-6,10-13H2,2-4H3,(H2,21,22,24). The number of urea groups is 1. The lowest BCUT2D eigenvalue weighted by molar-refractivity contribution is 0.230. The molecular formula is C20H31N3O3S. The minimum absolute atomic E-state index is 0.0448. The third kappa shape index (κ3) is 6.66. The molecule has 0 atom stereocenters.